The monoisotopic (exact) mass is 470 g/mol. The van der Waals surface area contributed by atoms with Crippen LogP contribution in [0, 0.1) is 11.3 Å². The van der Waals surface area contributed by atoms with Crippen LogP contribution in [0.3, 0.4) is 0 Å². The number of halogens is 1. The van der Waals surface area contributed by atoms with E-state index in [1.807, 2.05) is 37.5 Å². The first-order valence-electron chi connectivity index (χ1n) is 11.2. The van der Waals surface area contributed by atoms with E-state index < -0.39 is 0 Å². The van der Waals surface area contributed by atoms with E-state index >= 15 is 0 Å². The van der Waals surface area contributed by atoms with Gasteiger partial charge in [-0.2, -0.15) is 5.26 Å². The number of aromatic nitrogens is 4. The number of fused-ring (bicyclic) bond motifs is 1. The van der Waals surface area contributed by atoms with E-state index in [2.05, 4.69) is 26.3 Å². The Morgan fingerprint density at radius 3 is 2.68 bits per heavy atom. The van der Waals surface area contributed by atoms with Crippen molar-refractivity contribution in [3.63, 3.8) is 0 Å². The largest absolute Gasteiger partial charge is 0.375 e. The molecule has 1 atom stereocenters. The van der Waals surface area contributed by atoms with Gasteiger partial charge in [-0.25, -0.2) is 15.0 Å². The molecule has 0 bridgehead atoms. The average Bonchev–Trinajstić information content (AvgIpc) is 3.68. The summed E-state index contributed by atoms with van der Waals surface area (Å²) in [6, 6.07) is 11.3. The van der Waals surface area contributed by atoms with Gasteiger partial charge in [-0.1, -0.05) is 17.7 Å². The summed E-state index contributed by atoms with van der Waals surface area (Å²) in [6.07, 6.45) is 8.35. The van der Waals surface area contributed by atoms with Crippen molar-refractivity contribution in [3.05, 3.63) is 92.5 Å². The number of aryl methyl sites for hydroxylation is 1. The number of pyridine rings is 2. The van der Waals surface area contributed by atoms with Crippen LogP contribution < -0.4 is 10.9 Å². The van der Waals surface area contributed by atoms with Gasteiger partial charge in [0, 0.05) is 42.8 Å². The van der Waals surface area contributed by atoms with Gasteiger partial charge in [-0.15, -0.1) is 0 Å². The van der Waals surface area contributed by atoms with Crippen molar-refractivity contribution >= 4 is 28.2 Å². The zero-order chi connectivity index (χ0) is 23.8. The van der Waals surface area contributed by atoms with Crippen molar-refractivity contribution in [1.29, 1.82) is 5.26 Å². The van der Waals surface area contributed by atoms with Gasteiger partial charge in [0.2, 0.25) is 0 Å². The third-order valence-corrected chi connectivity index (χ3v) is 6.59. The standard InChI is InChI=1S/C26H23ClN6O/c1-15(26-30-13-19(14-31-26)17-4-5-17)32-22-11-24(34)33(2)23-6-3-16(10-20(22)23)9-18-7-8-29-25(27)21(18)12-28/h3,6-8,10-11,13-15,17,32H,4-5,9H2,1-2H3. The van der Waals surface area contributed by atoms with Crippen LogP contribution in [0.4, 0.5) is 5.69 Å². The van der Waals surface area contributed by atoms with Crippen molar-refractivity contribution in [3.8, 4) is 6.07 Å². The van der Waals surface area contributed by atoms with Crippen LogP contribution in [0.2, 0.25) is 5.15 Å². The quantitative estimate of drug-likeness (QED) is 0.403. The fraction of sp³-hybridized carbons (Fsp3) is 0.269. The number of benzene rings is 1. The number of nitrogens with one attached hydrogen (secondary N) is 1. The van der Waals surface area contributed by atoms with Gasteiger partial charge in [-0.3, -0.25) is 4.79 Å². The van der Waals surface area contributed by atoms with Crippen LogP contribution >= 0.6 is 11.6 Å². The van der Waals surface area contributed by atoms with E-state index in [4.69, 9.17) is 11.6 Å². The third-order valence-electron chi connectivity index (χ3n) is 6.31. The molecule has 1 aliphatic rings. The zero-order valence-corrected chi connectivity index (χ0v) is 19.7. The maximum Gasteiger partial charge on any atom is 0.252 e. The lowest BCUT2D eigenvalue weighted by atomic mass is 10.00. The van der Waals surface area contributed by atoms with Crippen LogP contribution in [0.1, 0.15) is 59.8 Å². The lowest BCUT2D eigenvalue weighted by Crippen LogP contribution is -2.19. The Hall–Kier alpha value is -3.76. The molecular formula is C26H23ClN6O. The van der Waals surface area contributed by atoms with E-state index in [1.165, 1.54) is 18.4 Å². The average molecular weight is 471 g/mol. The number of rotatable bonds is 6. The SMILES string of the molecule is CC(Nc1cc(=O)n(C)c2ccc(Cc3ccnc(Cl)c3C#N)cc12)c1ncc(C2CC2)cn1. The number of anilines is 1. The van der Waals surface area contributed by atoms with Gasteiger partial charge >= 0.3 is 0 Å². The molecule has 1 aromatic carbocycles. The summed E-state index contributed by atoms with van der Waals surface area (Å²) in [4.78, 5) is 25.7. The molecule has 0 amide bonds. The molecule has 1 fully saturated rings. The van der Waals surface area contributed by atoms with Crippen LogP contribution in [-0.2, 0) is 13.5 Å². The molecule has 1 N–H and O–H groups in total. The smallest absolute Gasteiger partial charge is 0.252 e. The molecule has 8 heteroatoms. The van der Waals surface area contributed by atoms with Crippen molar-refractivity contribution in [2.45, 2.75) is 38.1 Å². The molecule has 0 aliphatic heterocycles. The van der Waals surface area contributed by atoms with Crippen molar-refractivity contribution < 1.29 is 0 Å². The van der Waals surface area contributed by atoms with Crippen LogP contribution in [0.25, 0.3) is 10.9 Å². The Morgan fingerprint density at radius 2 is 1.97 bits per heavy atom. The molecular weight excluding hydrogens is 448 g/mol. The first-order chi connectivity index (χ1) is 16.4. The van der Waals surface area contributed by atoms with Gasteiger partial charge < -0.3 is 9.88 Å². The predicted octanol–water partition coefficient (Wildman–Crippen LogP) is 4.89. The molecule has 1 aliphatic carbocycles. The number of hydrogen-bond donors (Lipinski definition) is 1. The van der Waals surface area contributed by atoms with E-state index in [0.29, 0.717) is 23.7 Å². The van der Waals surface area contributed by atoms with E-state index in [1.54, 1.807) is 29.9 Å². The Balaban J connectivity index is 1.50. The van der Waals surface area contributed by atoms with Gasteiger partial charge in [0.1, 0.15) is 17.0 Å². The molecule has 170 valence electrons. The number of nitrogens with zero attached hydrogens (tertiary/aromatic N) is 5. The molecule has 1 unspecified atom stereocenters. The summed E-state index contributed by atoms with van der Waals surface area (Å²) in [7, 11) is 1.76. The molecule has 0 radical (unpaired) electrons. The Bertz CT molecular complexity index is 1480. The van der Waals surface area contributed by atoms with Crippen molar-refractivity contribution in [1.82, 2.24) is 19.5 Å². The van der Waals surface area contributed by atoms with Crippen LogP contribution in [-0.4, -0.2) is 19.5 Å². The molecule has 0 saturated heterocycles. The Morgan fingerprint density at radius 1 is 1.21 bits per heavy atom. The Labute approximate surface area is 202 Å². The fourth-order valence-electron chi connectivity index (χ4n) is 4.19. The van der Waals surface area contributed by atoms with Crippen LogP contribution in [0.5, 0.6) is 0 Å². The zero-order valence-electron chi connectivity index (χ0n) is 18.9. The first kappa shape index (κ1) is 22.1. The van der Waals surface area contributed by atoms with Gasteiger partial charge in [0.15, 0.2) is 0 Å². The highest BCUT2D eigenvalue weighted by molar-refractivity contribution is 6.30. The molecule has 4 aromatic rings. The lowest BCUT2D eigenvalue weighted by molar-refractivity contribution is 0.780. The first-order valence-corrected chi connectivity index (χ1v) is 11.6. The summed E-state index contributed by atoms with van der Waals surface area (Å²) in [5.74, 6) is 1.29. The minimum Gasteiger partial charge on any atom is -0.375 e. The maximum atomic E-state index is 12.6. The van der Waals surface area contributed by atoms with Crippen molar-refractivity contribution in [2.24, 2.45) is 7.05 Å². The molecule has 5 rings (SSSR count). The summed E-state index contributed by atoms with van der Waals surface area (Å²) in [5, 5.41) is 14.0. The van der Waals surface area contributed by atoms with Gasteiger partial charge in [-0.05, 0) is 67.0 Å². The molecule has 34 heavy (non-hydrogen) atoms. The minimum absolute atomic E-state index is 0.104. The summed E-state index contributed by atoms with van der Waals surface area (Å²) in [5.41, 5.74) is 4.79. The summed E-state index contributed by atoms with van der Waals surface area (Å²) < 4.78 is 1.62. The lowest BCUT2D eigenvalue weighted by Gasteiger charge is -2.18. The van der Waals surface area contributed by atoms with E-state index in [0.717, 1.165) is 27.7 Å². The molecule has 7 nitrogen and oxygen atoms in total. The third kappa shape index (κ3) is 4.25. The summed E-state index contributed by atoms with van der Waals surface area (Å²) in [6.45, 7) is 1.98. The van der Waals surface area contributed by atoms with Crippen LogP contribution in [0.15, 0.2) is 53.7 Å². The maximum absolute atomic E-state index is 12.6. The van der Waals surface area contributed by atoms with E-state index in [-0.39, 0.29) is 16.8 Å². The van der Waals surface area contributed by atoms with Crippen molar-refractivity contribution in [2.75, 3.05) is 5.32 Å². The summed E-state index contributed by atoms with van der Waals surface area (Å²) >= 11 is 6.11. The highest BCUT2D eigenvalue weighted by Crippen LogP contribution is 2.39. The predicted molar refractivity (Wildman–Crippen MR) is 132 cm³/mol. The van der Waals surface area contributed by atoms with Gasteiger partial charge in [0.05, 0.1) is 17.1 Å². The molecule has 0 spiro atoms. The second-order valence-electron chi connectivity index (χ2n) is 8.75. The molecule has 3 heterocycles. The normalized spacial score (nSPS) is 14.1. The van der Waals surface area contributed by atoms with Gasteiger partial charge in [0.25, 0.3) is 5.56 Å². The fourth-order valence-corrected chi connectivity index (χ4v) is 4.41. The molecule has 1 saturated carbocycles. The second kappa shape index (κ2) is 8.88. The minimum atomic E-state index is -0.184. The molecule has 3 aromatic heterocycles. The topological polar surface area (TPSA) is 96.5 Å². The Kier molecular flexibility index (Phi) is 5.76. The number of hydrogen-bond acceptors (Lipinski definition) is 6. The second-order valence-corrected chi connectivity index (χ2v) is 9.10. The highest BCUT2D eigenvalue weighted by Gasteiger charge is 2.24. The number of nitriles is 1. The highest BCUT2D eigenvalue weighted by atomic mass is 35.5. The van der Waals surface area contributed by atoms with E-state index in [9.17, 15) is 10.1 Å².